The van der Waals surface area contributed by atoms with Crippen molar-refractivity contribution in [2.45, 2.75) is 33.8 Å². The summed E-state index contributed by atoms with van der Waals surface area (Å²) >= 11 is 5.52. The Morgan fingerprint density at radius 1 is 0.892 bits per heavy atom. The van der Waals surface area contributed by atoms with E-state index in [4.69, 9.17) is 14.3 Å². The van der Waals surface area contributed by atoms with Gasteiger partial charge in [-0.2, -0.15) is 0 Å². The molecule has 2 atom stereocenters. The van der Waals surface area contributed by atoms with Crippen molar-refractivity contribution < 1.29 is 39.2 Å². The number of alkyl halides is 2. The zero-order valence-electron chi connectivity index (χ0n) is 19.8. The van der Waals surface area contributed by atoms with Gasteiger partial charge in [0, 0.05) is 12.1 Å². The molecule has 1 amide bonds. The van der Waals surface area contributed by atoms with Crippen LogP contribution in [0.15, 0.2) is 60.7 Å². The van der Waals surface area contributed by atoms with Crippen LogP contribution in [-0.2, 0) is 9.53 Å². The summed E-state index contributed by atoms with van der Waals surface area (Å²) in [5.41, 5.74) is -0.177. The van der Waals surface area contributed by atoms with Gasteiger partial charge in [-0.05, 0) is 85.3 Å². The highest BCUT2D eigenvalue weighted by atomic mass is 127. The summed E-state index contributed by atoms with van der Waals surface area (Å²) in [4.78, 5) is 31.8. The number of benzene rings is 2. The van der Waals surface area contributed by atoms with Crippen molar-refractivity contribution in [1.82, 2.24) is 7.84 Å². The minimum Gasteiger partial charge on any atom is -0.508 e. The predicted molar refractivity (Wildman–Crippen MR) is 160 cm³/mol. The molecule has 0 saturated carbocycles. The number of carbonyl (C=O) groups is 2. The van der Waals surface area contributed by atoms with E-state index in [2.05, 4.69) is 0 Å². The molecular formula is C24H23I3N2O8. The van der Waals surface area contributed by atoms with E-state index < -0.39 is 36.9 Å². The van der Waals surface area contributed by atoms with E-state index in [1.807, 2.05) is 22.6 Å². The summed E-state index contributed by atoms with van der Waals surface area (Å²) in [7, 11) is 0. The molecule has 2 aromatic carbocycles. The van der Waals surface area contributed by atoms with Crippen LogP contribution in [-0.4, -0.2) is 44.4 Å². The van der Waals surface area contributed by atoms with Crippen LogP contribution >= 0.6 is 68.0 Å². The summed E-state index contributed by atoms with van der Waals surface area (Å²) in [6.07, 6.45) is -0.783. The van der Waals surface area contributed by atoms with Crippen molar-refractivity contribution in [3.05, 3.63) is 66.2 Å². The summed E-state index contributed by atoms with van der Waals surface area (Å²) in [6.45, 7) is 5.10. The van der Waals surface area contributed by atoms with Crippen molar-refractivity contribution in [2.24, 2.45) is 0 Å². The fourth-order valence-electron chi connectivity index (χ4n) is 2.94. The van der Waals surface area contributed by atoms with Gasteiger partial charge in [-0.1, -0.05) is 34.7 Å². The van der Waals surface area contributed by atoms with Crippen molar-refractivity contribution >= 4 is 80.1 Å². The zero-order chi connectivity index (χ0) is 27.5. The minimum atomic E-state index is -1.69. The molecule has 10 nitrogen and oxygen atoms in total. The van der Waals surface area contributed by atoms with Gasteiger partial charge in [-0.3, -0.25) is 0 Å². The Hall–Kier alpha value is -2.15. The molecule has 3 rings (SSSR count). The van der Waals surface area contributed by atoms with Crippen LogP contribution < -0.4 is 9.57 Å². The molecular weight excluding hydrogens is 825 g/mol. The predicted octanol–water partition coefficient (Wildman–Crippen LogP) is 6.25. The fraction of sp³-hybridized carbons (Fsp3) is 0.250. The second-order valence-electron chi connectivity index (χ2n) is 8.68. The number of phenolic OH excluding ortho intramolecular Hbond substituents is 1. The van der Waals surface area contributed by atoms with Gasteiger partial charge in [0.15, 0.2) is 0 Å². The lowest BCUT2D eigenvalue weighted by Gasteiger charge is -2.37. The number of amides is 1. The molecule has 198 valence electrons. The van der Waals surface area contributed by atoms with Crippen molar-refractivity contribution in [1.29, 1.82) is 0 Å². The second kappa shape index (κ2) is 11.7. The van der Waals surface area contributed by atoms with Gasteiger partial charge in [0.25, 0.3) is 0 Å². The normalized spacial score (nSPS) is 13.8. The SMILES string of the molecule is CC(C)(C)OC(=O)N(I)[C@](I)(C(=O)On1c(O)ccc1O)C(I)c1ccc(Oc2ccc(O)cc2)cc1. The molecule has 0 fully saturated rings. The van der Waals surface area contributed by atoms with Crippen LogP contribution in [0.3, 0.4) is 0 Å². The van der Waals surface area contributed by atoms with E-state index in [9.17, 15) is 24.9 Å². The minimum absolute atomic E-state index is 0.121. The first-order valence-corrected chi connectivity index (χ1v) is 13.9. The van der Waals surface area contributed by atoms with Crippen LogP contribution in [0.5, 0.6) is 29.0 Å². The number of phenols is 1. The molecule has 3 aromatic rings. The third kappa shape index (κ3) is 7.04. The fourth-order valence-corrected chi connectivity index (χ4v) is 5.65. The van der Waals surface area contributed by atoms with Gasteiger partial charge in [0.2, 0.25) is 15.3 Å². The third-order valence-electron chi connectivity index (χ3n) is 4.68. The zero-order valence-corrected chi connectivity index (χ0v) is 26.2. The lowest BCUT2D eigenvalue weighted by Crippen LogP contribution is -2.54. The smallest absolute Gasteiger partial charge is 0.420 e. The average molecular weight is 848 g/mol. The Balaban J connectivity index is 1.93. The Bertz CT molecular complexity index is 1240. The van der Waals surface area contributed by atoms with Gasteiger partial charge in [-0.15, -0.1) is 4.73 Å². The van der Waals surface area contributed by atoms with Gasteiger partial charge in [-0.25, -0.2) is 12.7 Å². The van der Waals surface area contributed by atoms with Crippen LogP contribution in [0.4, 0.5) is 4.79 Å². The lowest BCUT2D eigenvalue weighted by molar-refractivity contribution is -0.150. The molecule has 0 bridgehead atoms. The number of nitrogens with zero attached hydrogens (tertiary/aromatic N) is 2. The number of halogens is 3. The van der Waals surface area contributed by atoms with Crippen LogP contribution in [0, 0.1) is 0 Å². The molecule has 0 radical (unpaired) electrons. The molecule has 3 N–H and O–H groups in total. The molecule has 0 aliphatic heterocycles. The highest BCUT2D eigenvalue weighted by Gasteiger charge is 2.53. The van der Waals surface area contributed by atoms with Crippen molar-refractivity contribution in [3.63, 3.8) is 0 Å². The van der Waals surface area contributed by atoms with Crippen LogP contribution in [0.1, 0.15) is 30.3 Å². The maximum Gasteiger partial charge on any atom is 0.420 e. The topological polar surface area (TPSA) is 131 Å². The third-order valence-corrected chi connectivity index (χ3v) is 11.1. The number of aromatic nitrogens is 1. The van der Waals surface area contributed by atoms with E-state index in [-0.39, 0.29) is 5.75 Å². The summed E-state index contributed by atoms with van der Waals surface area (Å²) in [6, 6.07) is 15.4. The van der Waals surface area contributed by atoms with E-state index in [0.29, 0.717) is 21.8 Å². The van der Waals surface area contributed by atoms with E-state index in [1.54, 1.807) is 103 Å². The molecule has 13 heteroatoms. The van der Waals surface area contributed by atoms with Crippen LogP contribution in [0.2, 0.25) is 0 Å². The second-order valence-corrected chi connectivity index (χ2v) is 12.5. The van der Waals surface area contributed by atoms with Crippen molar-refractivity contribution in [3.8, 4) is 29.0 Å². The molecule has 37 heavy (non-hydrogen) atoms. The monoisotopic (exact) mass is 848 g/mol. The highest BCUT2D eigenvalue weighted by molar-refractivity contribution is 14.1. The molecule has 1 aromatic heterocycles. The first kappa shape index (κ1) is 29.4. The summed E-state index contributed by atoms with van der Waals surface area (Å²) < 4.78 is 10.5. The first-order chi connectivity index (χ1) is 17.2. The van der Waals surface area contributed by atoms with Gasteiger partial charge >= 0.3 is 12.1 Å². The lowest BCUT2D eigenvalue weighted by atomic mass is 10.1. The Kier molecular flexibility index (Phi) is 9.31. The summed E-state index contributed by atoms with van der Waals surface area (Å²) in [5, 5.41) is 29.3. The van der Waals surface area contributed by atoms with E-state index >= 15 is 0 Å². The van der Waals surface area contributed by atoms with Crippen molar-refractivity contribution in [2.75, 3.05) is 0 Å². The Morgan fingerprint density at radius 3 is 1.86 bits per heavy atom. The van der Waals surface area contributed by atoms with E-state index in [1.165, 1.54) is 12.1 Å². The first-order valence-electron chi connectivity index (χ1n) is 10.6. The Labute approximate surface area is 254 Å². The maximum absolute atomic E-state index is 13.5. The Morgan fingerprint density at radius 2 is 1.38 bits per heavy atom. The maximum atomic E-state index is 13.5. The number of ether oxygens (including phenoxy) is 2. The van der Waals surface area contributed by atoms with Gasteiger partial charge in [0.05, 0.1) is 26.8 Å². The number of hydrogen-bond acceptors (Lipinski definition) is 8. The number of hydrogen-bond donors (Lipinski definition) is 3. The standard InChI is InChI=1S/C24H23I3N2O8/c1-23(2,3)36-22(34)29(27)24(26,21(33)37-28-18(31)12-13-19(28)32)20(25)14-4-8-16(9-5-14)35-17-10-6-15(30)7-11-17/h4-13,20,30-32H,1-3H3/t20?,24-/m0/s1. The van der Waals surface area contributed by atoms with Gasteiger partial charge in [0.1, 0.15) is 22.8 Å². The quantitative estimate of drug-likeness (QED) is 0.110. The molecule has 0 aliphatic rings. The molecule has 1 heterocycles. The number of aromatic hydroxyl groups is 3. The number of rotatable bonds is 7. The average Bonchev–Trinajstić information content (AvgIpc) is 3.15. The van der Waals surface area contributed by atoms with Crippen LogP contribution in [0.25, 0.3) is 0 Å². The molecule has 0 spiro atoms. The molecule has 1 unspecified atom stereocenters. The molecule has 0 saturated heterocycles. The largest absolute Gasteiger partial charge is 0.508 e. The van der Waals surface area contributed by atoms with Gasteiger partial charge < -0.3 is 29.6 Å². The number of carbonyl (C=O) groups excluding carboxylic acids is 2. The highest BCUT2D eigenvalue weighted by Crippen LogP contribution is 2.47. The summed E-state index contributed by atoms with van der Waals surface area (Å²) in [5.74, 6) is -0.779. The van der Waals surface area contributed by atoms with E-state index in [0.717, 1.165) is 15.2 Å². The molecule has 0 aliphatic carbocycles.